The van der Waals surface area contributed by atoms with E-state index in [2.05, 4.69) is 15.3 Å². The number of hydrogen-bond acceptors (Lipinski definition) is 8. The molecule has 2 aliphatic rings. The Labute approximate surface area is 149 Å². The predicted octanol–water partition coefficient (Wildman–Crippen LogP) is -0.348. The van der Waals surface area contributed by atoms with Crippen molar-refractivity contribution in [3.8, 4) is 0 Å². The molecule has 138 valence electrons. The topological polar surface area (TPSA) is 138 Å². The van der Waals surface area contributed by atoms with Gasteiger partial charge in [-0.3, -0.25) is 4.57 Å². The predicted molar refractivity (Wildman–Crippen MR) is 93.1 cm³/mol. The smallest absolute Gasteiger partial charge is 0.210 e. The summed E-state index contributed by atoms with van der Waals surface area (Å²) in [5, 5.41) is 33.3. The molecular weight excluding hydrogens is 338 g/mol. The Morgan fingerprint density at radius 3 is 2.81 bits per heavy atom. The van der Waals surface area contributed by atoms with Crippen LogP contribution in [0, 0.1) is 0 Å². The summed E-state index contributed by atoms with van der Waals surface area (Å²) in [7, 11) is 0. The summed E-state index contributed by atoms with van der Waals surface area (Å²) in [6, 6.07) is 9.45. The van der Waals surface area contributed by atoms with Crippen LogP contribution in [0.1, 0.15) is 23.9 Å². The van der Waals surface area contributed by atoms with Gasteiger partial charge in [0.25, 0.3) is 0 Å². The molecule has 1 fully saturated rings. The lowest BCUT2D eigenvalue weighted by molar-refractivity contribution is -0.0438. The third-order valence-electron chi connectivity index (χ3n) is 4.71. The zero-order valence-corrected chi connectivity index (χ0v) is 14.0. The molecule has 0 aliphatic carbocycles. The number of aliphatic hydroxyl groups is 3. The number of aliphatic hydroxyl groups excluding tert-OH is 2. The fourth-order valence-electron chi connectivity index (χ4n) is 3.45. The molecule has 0 bridgehead atoms. The Morgan fingerprint density at radius 1 is 1.35 bits per heavy atom. The molecule has 0 spiro atoms. The van der Waals surface area contributed by atoms with Gasteiger partial charge in [-0.15, -0.1) is 0 Å². The average Bonchev–Trinajstić information content (AvgIpc) is 3.19. The van der Waals surface area contributed by atoms with E-state index in [1.807, 2.05) is 30.3 Å². The molecule has 26 heavy (non-hydrogen) atoms. The van der Waals surface area contributed by atoms with Gasteiger partial charge in [-0.05, 0) is 5.56 Å². The molecule has 4 atom stereocenters. The summed E-state index contributed by atoms with van der Waals surface area (Å²) in [6.45, 7) is -0.274. The fourth-order valence-corrected chi connectivity index (χ4v) is 3.45. The maximum Gasteiger partial charge on any atom is 0.210 e. The van der Waals surface area contributed by atoms with Crippen LogP contribution in [0.5, 0.6) is 0 Å². The summed E-state index contributed by atoms with van der Waals surface area (Å²) in [5.41, 5.74) is 5.51. The average molecular weight is 359 g/mol. The standard InChI is InChI=1S/C17H21N5O4/c18-16-20-15-14(17(25,21-16)7-10-4-2-1-3-5-10)19-9-22(15)13-6-11(24)12(8-23)26-13/h1-5,9,11-13,23-25H,6-8H2,(H3,18,20,21)/t11-,12+,13+,17?/m0/s1. The molecule has 0 amide bonds. The number of nitrogens with two attached hydrogens (primary N) is 1. The highest BCUT2D eigenvalue weighted by atomic mass is 16.5. The zero-order chi connectivity index (χ0) is 18.3. The van der Waals surface area contributed by atoms with Crippen LogP contribution >= 0.6 is 0 Å². The highest BCUT2D eigenvalue weighted by molar-refractivity contribution is 5.94. The largest absolute Gasteiger partial charge is 0.394 e. The number of aliphatic imine (C=N–C) groups is 1. The summed E-state index contributed by atoms with van der Waals surface area (Å²) < 4.78 is 7.33. The Balaban J connectivity index is 1.68. The minimum atomic E-state index is -1.61. The van der Waals surface area contributed by atoms with Gasteiger partial charge in [0, 0.05) is 12.8 Å². The van der Waals surface area contributed by atoms with E-state index in [1.54, 1.807) is 4.57 Å². The lowest BCUT2D eigenvalue weighted by Gasteiger charge is -2.29. The van der Waals surface area contributed by atoms with E-state index in [0.29, 0.717) is 17.9 Å². The monoisotopic (exact) mass is 359 g/mol. The molecule has 9 heteroatoms. The maximum atomic E-state index is 11.1. The maximum absolute atomic E-state index is 11.1. The van der Waals surface area contributed by atoms with Gasteiger partial charge in [0.1, 0.15) is 23.8 Å². The molecule has 1 saturated heterocycles. The number of hydrogen-bond donors (Lipinski definition) is 5. The number of anilines is 1. The minimum absolute atomic E-state index is 0.0648. The van der Waals surface area contributed by atoms with Crippen LogP contribution in [-0.4, -0.2) is 49.6 Å². The van der Waals surface area contributed by atoms with Crippen LogP contribution in [0.25, 0.3) is 0 Å². The molecule has 1 aromatic heterocycles. The molecule has 4 rings (SSSR count). The van der Waals surface area contributed by atoms with Crippen LogP contribution in [0.15, 0.2) is 41.7 Å². The second-order valence-corrected chi connectivity index (χ2v) is 6.56. The van der Waals surface area contributed by atoms with Crippen molar-refractivity contribution in [2.45, 2.75) is 37.0 Å². The summed E-state index contributed by atoms with van der Waals surface area (Å²) >= 11 is 0. The third-order valence-corrected chi connectivity index (χ3v) is 4.71. The first-order valence-electron chi connectivity index (χ1n) is 8.40. The van der Waals surface area contributed by atoms with Crippen LogP contribution in [0.4, 0.5) is 5.82 Å². The van der Waals surface area contributed by atoms with Crippen molar-refractivity contribution in [1.29, 1.82) is 0 Å². The van der Waals surface area contributed by atoms with Gasteiger partial charge in [-0.1, -0.05) is 30.3 Å². The van der Waals surface area contributed by atoms with E-state index in [-0.39, 0.29) is 19.0 Å². The van der Waals surface area contributed by atoms with Gasteiger partial charge in [0.05, 0.1) is 19.0 Å². The number of benzene rings is 1. The first kappa shape index (κ1) is 17.0. The second-order valence-electron chi connectivity index (χ2n) is 6.56. The number of nitrogens with one attached hydrogen (secondary N) is 1. The number of aromatic nitrogens is 2. The molecule has 3 heterocycles. The SMILES string of the molecule is NC1=NC(O)(Cc2ccccc2)c2ncn([C@H]3C[C@H](O)[C@@H](CO)O3)c2N1. The van der Waals surface area contributed by atoms with Crippen molar-refractivity contribution in [2.75, 3.05) is 11.9 Å². The fraction of sp³-hybridized carbons (Fsp3) is 0.412. The van der Waals surface area contributed by atoms with E-state index in [9.17, 15) is 15.3 Å². The van der Waals surface area contributed by atoms with Gasteiger partial charge in [0.2, 0.25) is 5.72 Å². The number of ether oxygens (including phenoxy) is 1. The van der Waals surface area contributed by atoms with Gasteiger partial charge in [-0.25, -0.2) is 9.98 Å². The number of fused-ring (bicyclic) bond motifs is 1. The molecule has 0 saturated carbocycles. The Morgan fingerprint density at radius 2 is 2.12 bits per heavy atom. The van der Waals surface area contributed by atoms with E-state index in [4.69, 9.17) is 10.5 Å². The van der Waals surface area contributed by atoms with Crippen LogP contribution < -0.4 is 11.1 Å². The normalized spacial score (nSPS) is 30.6. The second kappa shape index (κ2) is 6.36. The lowest BCUT2D eigenvalue weighted by Crippen LogP contribution is -2.39. The van der Waals surface area contributed by atoms with Crippen molar-refractivity contribution in [2.24, 2.45) is 10.7 Å². The zero-order valence-electron chi connectivity index (χ0n) is 14.0. The number of guanidine groups is 1. The number of nitrogens with zero attached hydrogens (tertiary/aromatic N) is 3. The van der Waals surface area contributed by atoms with Crippen LogP contribution in [0.2, 0.25) is 0 Å². The molecule has 0 radical (unpaired) electrons. The summed E-state index contributed by atoms with van der Waals surface area (Å²) in [5.74, 6) is 0.529. The molecule has 6 N–H and O–H groups in total. The minimum Gasteiger partial charge on any atom is -0.394 e. The van der Waals surface area contributed by atoms with Crippen LogP contribution in [0.3, 0.4) is 0 Å². The van der Waals surface area contributed by atoms with Crippen LogP contribution in [-0.2, 0) is 16.9 Å². The van der Waals surface area contributed by atoms with Gasteiger partial charge in [-0.2, -0.15) is 0 Å². The summed E-state index contributed by atoms with van der Waals surface area (Å²) in [4.78, 5) is 8.49. The van der Waals surface area contributed by atoms with Crippen molar-refractivity contribution in [3.05, 3.63) is 47.9 Å². The third kappa shape index (κ3) is 2.84. The first-order valence-corrected chi connectivity index (χ1v) is 8.40. The van der Waals surface area contributed by atoms with Gasteiger partial charge >= 0.3 is 0 Å². The van der Waals surface area contributed by atoms with E-state index >= 15 is 0 Å². The van der Waals surface area contributed by atoms with E-state index in [0.717, 1.165) is 5.56 Å². The molecule has 1 unspecified atom stereocenters. The Kier molecular flexibility index (Phi) is 4.16. The Bertz CT molecular complexity index is 824. The molecular formula is C17H21N5O4. The molecule has 2 aromatic rings. The van der Waals surface area contributed by atoms with E-state index in [1.165, 1.54) is 6.33 Å². The first-order chi connectivity index (χ1) is 12.5. The molecule has 2 aliphatic heterocycles. The highest BCUT2D eigenvalue weighted by Crippen LogP contribution is 2.38. The Hall–Kier alpha value is -2.46. The van der Waals surface area contributed by atoms with Gasteiger partial charge in [0.15, 0.2) is 5.96 Å². The molecule has 1 aromatic carbocycles. The molecule has 9 nitrogen and oxygen atoms in total. The highest BCUT2D eigenvalue weighted by Gasteiger charge is 2.42. The lowest BCUT2D eigenvalue weighted by atomic mass is 9.99. The van der Waals surface area contributed by atoms with Crippen molar-refractivity contribution in [1.82, 2.24) is 9.55 Å². The van der Waals surface area contributed by atoms with Crippen molar-refractivity contribution < 1.29 is 20.1 Å². The van der Waals surface area contributed by atoms with Gasteiger partial charge < -0.3 is 31.1 Å². The quantitative estimate of drug-likeness (QED) is 0.503. The number of rotatable bonds is 4. The number of imidazole rings is 1. The van der Waals surface area contributed by atoms with E-state index < -0.39 is 24.2 Å². The van der Waals surface area contributed by atoms with Crippen molar-refractivity contribution >= 4 is 11.8 Å². The summed E-state index contributed by atoms with van der Waals surface area (Å²) in [6.07, 6.45) is 0.0608. The van der Waals surface area contributed by atoms with Crippen molar-refractivity contribution in [3.63, 3.8) is 0 Å².